The summed E-state index contributed by atoms with van der Waals surface area (Å²) in [6.45, 7) is 7.30. The SMILES string of the molecule is CCNC(C)c1ccc(N2CCn3ccnc3C2)c(F)c1. The second-order valence-corrected chi connectivity index (χ2v) is 5.45. The van der Waals surface area contributed by atoms with Crippen molar-refractivity contribution in [3.8, 4) is 0 Å². The molecule has 1 aliphatic heterocycles. The first-order valence-corrected chi connectivity index (χ1v) is 7.47. The highest BCUT2D eigenvalue weighted by Gasteiger charge is 2.20. The van der Waals surface area contributed by atoms with Gasteiger partial charge in [-0.2, -0.15) is 0 Å². The molecule has 0 radical (unpaired) electrons. The van der Waals surface area contributed by atoms with Gasteiger partial charge in [0, 0.05) is 31.5 Å². The Morgan fingerprint density at radius 2 is 2.24 bits per heavy atom. The van der Waals surface area contributed by atoms with Crippen LogP contribution in [0.25, 0.3) is 0 Å². The van der Waals surface area contributed by atoms with Gasteiger partial charge in [0.2, 0.25) is 0 Å². The first kappa shape index (κ1) is 14.1. The van der Waals surface area contributed by atoms with Crippen molar-refractivity contribution in [1.29, 1.82) is 0 Å². The number of nitrogens with zero attached hydrogens (tertiary/aromatic N) is 3. The molecule has 0 saturated carbocycles. The molecule has 3 rings (SSSR count). The third-order valence-electron chi connectivity index (χ3n) is 4.07. The van der Waals surface area contributed by atoms with Crippen molar-refractivity contribution in [3.05, 3.63) is 47.8 Å². The van der Waals surface area contributed by atoms with E-state index in [0.29, 0.717) is 12.2 Å². The number of nitrogens with one attached hydrogen (secondary N) is 1. The van der Waals surface area contributed by atoms with Crippen molar-refractivity contribution in [2.45, 2.75) is 33.0 Å². The van der Waals surface area contributed by atoms with Crippen LogP contribution in [0, 0.1) is 5.82 Å². The predicted octanol–water partition coefficient (Wildman–Crippen LogP) is 2.71. The minimum Gasteiger partial charge on any atom is -0.360 e. The number of hydrogen-bond acceptors (Lipinski definition) is 3. The van der Waals surface area contributed by atoms with Crippen LogP contribution in [0.5, 0.6) is 0 Å². The average molecular weight is 288 g/mol. The number of anilines is 1. The van der Waals surface area contributed by atoms with Crippen molar-refractivity contribution in [1.82, 2.24) is 14.9 Å². The van der Waals surface area contributed by atoms with E-state index < -0.39 is 0 Å². The lowest BCUT2D eigenvalue weighted by molar-refractivity contribution is 0.540. The van der Waals surface area contributed by atoms with Crippen LogP contribution >= 0.6 is 0 Å². The molecule has 0 fully saturated rings. The van der Waals surface area contributed by atoms with Crippen molar-refractivity contribution in [2.75, 3.05) is 18.0 Å². The van der Waals surface area contributed by atoms with Gasteiger partial charge in [-0.1, -0.05) is 13.0 Å². The first-order valence-electron chi connectivity index (χ1n) is 7.47. The largest absolute Gasteiger partial charge is 0.360 e. The normalized spacial score (nSPS) is 15.9. The van der Waals surface area contributed by atoms with E-state index in [9.17, 15) is 4.39 Å². The van der Waals surface area contributed by atoms with Crippen LogP contribution in [-0.2, 0) is 13.1 Å². The van der Waals surface area contributed by atoms with Gasteiger partial charge in [-0.25, -0.2) is 9.37 Å². The summed E-state index contributed by atoms with van der Waals surface area (Å²) in [5, 5.41) is 3.30. The third-order valence-corrected chi connectivity index (χ3v) is 4.07. The highest BCUT2D eigenvalue weighted by Crippen LogP contribution is 2.26. The maximum Gasteiger partial charge on any atom is 0.146 e. The van der Waals surface area contributed by atoms with Crippen molar-refractivity contribution in [2.24, 2.45) is 0 Å². The highest BCUT2D eigenvalue weighted by molar-refractivity contribution is 5.50. The standard InChI is InChI=1S/C16H21FN4/c1-3-18-12(2)13-4-5-15(14(17)10-13)21-9-8-20-7-6-19-16(20)11-21/h4-7,10,12,18H,3,8-9,11H2,1-2H3. The molecule has 1 aromatic carbocycles. The summed E-state index contributed by atoms with van der Waals surface area (Å²) in [6.07, 6.45) is 3.78. The summed E-state index contributed by atoms with van der Waals surface area (Å²) in [4.78, 5) is 6.38. The fourth-order valence-corrected chi connectivity index (χ4v) is 2.85. The van der Waals surface area contributed by atoms with Crippen LogP contribution in [0.2, 0.25) is 0 Å². The van der Waals surface area contributed by atoms with Crippen LogP contribution in [0.1, 0.15) is 31.3 Å². The second kappa shape index (κ2) is 5.85. The molecule has 21 heavy (non-hydrogen) atoms. The zero-order chi connectivity index (χ0) is 14.8. The zero-order valence-corrected chi connectivity index (χ0v) is 12.5. The van der Waals surface area contributed by atoms with Crippen LogP contribution in [-0.4, -0.2) is 22.6 Å². The topological polar surface area (TPSA) is 33.1 Å². The van der Waals surface area contributed by atoms with E-state index in [1.54, 1.807) is 12.3 Å². The fraction of sp³-hybridized carbons (Fsp3) is 0.438. The Morgan fingerprint density at radius 1 is 1.38 bits per heavy atom. The molecule has 1 unspecified atom stereocenters. The molecule has 2 aromatic rings. The van der Waals surface area contributed by atoms with Gasteiger partial charge in [0.1, 0.15) is 11.6 Å². The Labute approximate surface area is 124 Å². The Bertz CT molecular complexity index is 622. The van der Waals surface area contributed by atoms with Crippen molar-refractivity contribution in [3.63, 3.8) is 0 Å². The Morgan fingerprint density at radius 3 is 3.00 bits per heavy atom. The molecule has 0 saturated heterocycles. The van der Waals surface area contributed by atoms with E-state index in [1.165, 1.54) is 0 Å². The monoisotopic (exact) mass is 288 g/mol. The van der Waals surface area contributed by atoms with Gasteiger partial charge in [0.25, 0.3) is 0 Å². The zero-order valence-electron chi connectivity index (χ0n) is 12.5. The molecule has 1 aliphatic rings. The number of imidazole rings is 1. The van der Waals surface area contributed by atoms with E-state index in [2.05, 4.69) is 33.6 Å². The molecular formula is C16H21FN4. The molecule has 1 N–H and O–H groups in total. The summed E-state index contributed by atoms with van der Waals surface area (Å²) >= 11 is 0. The van der Waals surface area contributed by atoms with Gasteiger partial charge >= 0.3 is 0 Å². The predicted molar refractivity (Wildman–Crippen MR) is 81.8 cm³/mol. The lowest BCUT2D eigenvalue weighted by Gasteiger charge is -2.30. The maximum absolute atomic E-state index is 14.4. The van der Waals surface area contributed by atoms with Crippen LogP contribution < -0.4 is 10.2 Å². The van der Waals surface area contributed by atoms with Gasteiger partial charge in [-0.3, -0.25) is 0 Å². The van der Waals surface area contributed by atoms with Gasteiger partial charge in [0.05, 0.1) is 12.2 Å². The highest BCUT2D eigenvalue weighted by atomic mass is 19.1. The van der Waals surface area contributed by atoms with E-state index in [0.717, 1.165) is 31.0 Å². The number of benzene rings is 1. The number of hydrogen-bond donors (Lipinski definition) is 1. The first-order chi connectivity index (χ1) is 10.2. The second-order valence-electron chi connectivity index (χ2n) is 5.45. The molecule has 0 spiro atoms. The summed E-state index contributed by atoms with van der Waals surface area (Å²) in [7, 11) is 0. The fourth-order valence-electron chi connectivity index (χ4n) is 2.85. The molecule has 2 heterocycles. The van der Waals surface area contributed by atoms with Crippen LogP contribution in [0.15, 0.2) is 30.6 Å². The number of aromatic nitrogens is 2. The molecule has 4 nitrogen and oxygen atoms in total. The molecule has 5 heteroatoms. The van der Waals surface area contributed by atoms with Crippen molar-refractivity contribution >= 4 is 5.69 Å². The van der Waals surface area contributed by atoms with E-state index in [-0.39, 0.29) is 11.9 Å². The van der Waals surface area contributed by atoms with Crippen LogP contribution in [0.4, 0.5) is 10.1 Å². The Hall–Kier alpha value is -1.88. The molecule has 1 atom stereocenters. The number of halogens is 1. The van der Waals surface area contributed by atoms with Crippen molar-refractivity contribution < 1.29 is 4.39 Å². The van der Waals surface area contributed by atoms with Gasteiger partial charge < -0.3 is 14.8 Å². The lowest BCUT2D eigenvalue weighted by Crippen LogP contribution is -2.34. The van der Waals surface area contributed by atoms with E-state index >= 15 is 0 Å². The summed E-state index contributed by atoms with van der Waals surface area (Å²) in [6, 6.07) is 5.70. The average Bonchev–Trinajstić information content (AvgIpc) is 2.94. The lowest BCUT2D eigenvalue weighted by atomic mass is 10.1. The summed E-state index contributed by atoms with van der Waals surface area (Å²) in [5.41, 5.74) is 1.65. The molecule has 0 amide bonds. The van der Waals surface area contributed by atoms with Gasteiger partial charge in [-0.15, -0.1) is 0 Å². The van der Waals surface area contributed by atoms with Gasteiger partial charge in [-0.05, 0) is 31.2 Å². The molecule has 0 aliphatic carbocycles. The summed E-state index contributed by atoms with van der Waals surface area (Å²) < 4.78 is 16.6. The van der Waals surface area contributed by atoms with Gasteiger partial charge in [0.15, 0.2) is 0 Å². The maximum atomic E-state index is 14.4. The molecule has 112 valence electrons. The van der Waals surface area contributed by atoms with E-state index in [1.807, 2.05) is 18.3 Å². The molecule has 1 aromatic heterocycles. The molecular weight excluding hydrogens is 267 g/mol. The number of fused-ring (bicyclic) bond motifs is 1. The van der Waals surface area contributed by atoms with Crippen LogP contribution in [0.3, 0.4) is 0 Å². The number of rotatable bonds is 4. The summed E-state index contributed by atoms with van der Waals surface area (Å²) in [5.74, 6) is 0.836. The minimum absolute atomic E-state index is 0.155. The Balaban J connectivity index is 1.80. The molecule has 0 bridgehead atoms. The Kier molecular flexibility index (Phi) is 3.92. The third kappa shape index (κ3) is 2.78. The minimum atomic E-state index is -0.155. The van der Waals surface area contributed by atoms with E-state index in [4.69, 9.17) is 0 Å². The smallest absolute Gasteiger partial charge is 0.146 e. The quantitative estimate of drug-likeness (QED) is 0.939.